The van der Waals surface area contributed by atoms with E-state index in [9.17, 15) is 0 Å². The SMILES string of the molecule is Br.CCN1C=CN(C(C)O)C1. The summed E-state index contributed by atoms with van der Waals surface area (Å²) in [5.41, 5.74) is 0. The Bertz CT molecular complexity index is 138. The van der Waals surface area contributed by atoms with Crippen molar-refractivity contribution in [1.82, 2.24) is 9.80 Å². The standard InChI is InChI=1S/C7H14N2O.BrH/c1-3-8-4-5-9(6-8)7(2)10;/h4-5,7,10H,3,6H2,1-2H3;1H. The first-order valence-electron chi connectivity index (χ1n) is 3.60. The molecule has 0 aromatic carbocycles. The fourth-order valence-electron chi connectivity index (χ4n) is 0.932. The highest BCUT2D eigenvalue weighted by Gasteiger charge is 2.13. The van der Waals surface area contributed by atoms with Gasteiger partial charge in [0.2, 0.25) is 0 Å². The molecule has 1 heterocycles. The Balaban J connectivity index is 0.000001000. The molecule has 1 aliphatic rings. The molecule has 1 atom stereocenters. The van der Waals surface area contributed by atoms with E-state index in [1.54, 1.807) is 6.92 Å². The molecule has 0 radical (unpaired) electrons. The fourth-order valence-corrected chi connectivity index (χ4v) is 0.932. The molecule has 4 heteroatoms. The molecule has 0 aromatic rings. The smallest absolute Gasteiger partial charge is 0.125 e. The highest BCUT2D eigenvalue weighted by atomic mass is 79.9. The number of halogens is 1. The van der Waals surface area contributed by atoms with Crippen LogP contribution >= 0.6 is 17.0 Å². The summed E-state index contributed by atoms with van der Waals surface area (Å²) >= 11 is 0. The minimum absolute atomic E-state index is 0. The Morgan fingerprint density at radius 3 is 2.45 bits per heavy atom. The van der Waals surface area contributed by atoms with Crippen molar-refractivity contribution in [3.05, 3.63) is 12.4 Å². The molecule has 0 saturated heterocycles. The average molecular weight is 223 g/mol. The number of hydrogen-bond donors (Lipinski definition) is 1. The monoisotopic (exact) mass is 222 g/mol. The molecule has 1 rings (SSSR count). The highest BCUT2D eigenvalue weighted by Crippen LogP contribution is 2.07. The summed E-state index contributed by atoms with van der Waals surface area (Å²) in [6.45, 7) is 5.67. The molecular weight excluding hydrogens is 208 g/mol. The molecule has 0 fully saturated rings. The van der Waals surface area contributed by atoms with E-state index in [1.807, 2.05) is 17.3 Å². The molecule has 0 amide bonds. The van der Waals surface area contributed by atoms with Crippen molar-refractivity contribution in [2.24, 2.45) is 0 Å². The molecule has 1 N–H and O–H groups in total. The molecule has 66 valence electrons. The van der Waals surface area contributed by atoms with Crippen LogP contribution in [0.4, 0.5) is 0 Å². The number of hydrogen-bond acceptors (Lipinski definition) is 3. The number of aliphatic hydroxyl groups excluding tert-OH is 1. The summed E-state index contributed by atoms with van der Waals surface area (Å²) in [5.74, 6) is 0. The van der Waals surface area contributed by atoms with E-state index in [-0.39, 0.29) is 23.2 Å². The van der Waals surface area contributed by atoms with Crippen molar-refractivity contribution in [2.45, 2.75) is 20.1 Å². The van der Waals surface area contributed by atoms with Crippen molar-refractivity contribution in [3.8, 4) is 0 Å². The summed E-state index contributed by atoms with van der Waals surface area (Å²) in [7, 11) is 0. The van der Waals surface area contributed by atoms with E-state index in [1.165, 1.54) is 0 Å². The summed E-state index contributed by atoms with van der Waals surface area (Å²) in [5, 5.41) is 9.11. The molecule has 11 heavy (non-hydrogen) atoms. The van der Waals surface area contributed by atoms with Crippen molar-refractivity contribution < 1.29 is 5.11 Å². The lowest BCUT2D eigenvalue weighted by molar-refractivity contribution is 0.0418. The van der Waals surface area contributed by atoms with E-state index < -0.39 is 0 Å². The zero-order chi connectivity index (χ0) is 7.56. The zero-order valence-electron chi connectivity index (χ0n) is 6.90. The van der Waals surface area contributed by atoms with Gasteiger partial charge in [-0.2, -0.15) is 0 Å². The van der Waals surface area contributed by atoms with Crippen LogP contribution in [-0.2, 0) is 0 Å². The lowest BCUT2D eigenvalue weighted by atomic mass is 10.6. The second-order valence-electron chi connectivity index (χ2n) is 2.49. The number of nitrogens with zero attached hydrogens (tertiary/aromatic N) is 2. The van der Waals surface area contributed by atoms with E-state index in [4.69, 9.17) is 5.11 Å². The fraction of sp³-hybridized carbons (Fsp3) is 0.714. The third kappa shape index (κ3) is 2.71. The van der Waals surface area contributed by atoms with Gasteiger partial charge in [-0.25, -0.2) is 0 Å². The Morgan fingerprint density at radius 1 is 1.55 bits per heavy atom. The van der Waals surface area contributed by atoms with Gasteiger partial charge < -0.3 is 14.9 Å². The largest absolute Gasteiger partial charge is 0.374 e. The molecule has 0 aliphatic carbocycles. The molecule has 0 saturated carbocycles. The van der Waals surface area contributed by atoms with Crippen LogP contribution in [0.5, 0.6) is 0 Å². The van der Waals surface area contributed by atoms with Gasteiger partial charge in [0.1, 0.15) is 6.23 Å². The van der Waals surface area contributed by atoms with Gasteiger partial charge >= 0.3 is 0 Å². The van der Waals surface area contributed by atoms with E-state index in [0.717, 1.165) is 13.2 Å². The highest BCUT2D eigenvalue weighted by molar-refractivity contribution is 8.93. The third-order valence-electron chi connectivity index (χ3n) is 1.70. The Kier molecular flexibility index (Phi) is 4.52. The van der Waals surface area contributed by atoms with Crippen LogP contribution in [0.3, 0.4) is 0 Å². The van der Waals surface area contributed by atoms with Crippen LogP contribution in [-0.4, -0.2) is 34.3 Å². The zero-order valence-corrected chi connectivity index (χ0v) is 8.61. The maximum absolute atomic E-state index is 9.11. The quantitative estimate of drug-likeness (QED) is 0.755. The van der Waals surface area contributed by atoms with Crippen LogP contribution in [0.1, 0.15) is 13.8 Å². The van der Waals surface area contributed by atoms with E-state index >= 15 is 0 Å². The Labute approximate surface area is 78.1 Å². The van der Waals surface area contributed by atoms with E-state index in [0.29, 0.717) is 0 Å². The van der Waals surface area contributed by atoms with Crippen LogP contribution in [0.15, 0.2) is 12.4 Å². The van der Waals surface area contributed by atoms with Gasteiger partial charge in [0, 0.05) is 18.9 Å². The topological polar surface area (TPSA) is 26.7 Å². The number of aliphatic hydroxyl groups is 1. The van der Waals surface area contributed by atoms with Gasteiger partial charge in [0.25, 0.3) is 0 Å². The van der Waals surface area contributed by atoms with Gasteiger partial charge in [-0.3, -0.25) is 0 Å². The van der Waals surface area contributed by atoms with Gasteiger partial charge in [-0.15, -0.1) is 17.0 Å². The lowest BCUT2D eigenvalue weighted by Crippen LogP contribution is -2.31. The first kappa shape index (κ1) is 10.8. The van der Waals surface area contributed by atoms with Crippen LogP contribution in [0.2, 0.25) is 0 Å². The maximum atomic E-state index is 9.11. The average Bonchev–Trinajstić information content (AvgIpc) is 2.34. The number of rotatable bonds is 2. The van der Waals surface area contributed by atoms with Gasteiger partial charge in [-0.1, -0.05) is 0 Å². The lowest BCUT2D eigenvalue weighted by Gasteiger charge is -2.22. The molecule has 0 spiro atoms. The Morgan fingerprint density at radius 2 is 2.18 bits per heavy atom. The Hall–Kier alpha value is -0.220. The van der Waals surface area contributed by atoms with Crippen molar-refractivity contribution in [1.29, 1.82) is 0 Å². The van der Waals surface area contributed by atoms with Gasteiger partial charge in [0.05, 0.1) is 6.67 Å². The van der Waals surface area contributed by atoms with Crippen LogP contribution in [0, 0.1) is 0 Å². The summed E-state index contributed by atoms with van der Waals surface area (Å²) in [6, 6.07) is 0. The first-order chi connectivity index (χ1) is 4.74. The molecule has 3 nitrogen and oxygen atoms in total. The summed E-state index contributed by atoms with van der Waals surface area (Å²) < 4.78 is 0. The van der Waals surface area contributed by atoms with Crippen molar-refractivity contribution in [3.63, 3.8) is 0 Å². The predicted molar refractivity (Wildman–Crippen MR) is 50.2 cm³/mol. The van der Waals surface area contributed by atoms with Gasteiger partial charge in [0.15, 0.2) is 0 Å². The molecular formula is C7H15BrN2O. The third-order valence-corrected chi connectivity index (χ3v) is 1.70. The van der Waals surface area contributed by atoms with E-state index in [2.05, 4.69) is 11.8 Å². The maximum Gasteiger partial charge on any atom is 0.125 e. The molecule has 1 aliphatic heterocycles. The van der Waals surface area contributed by atoms with Gasteiger partial charge in [-0.05, 0) is 13.8 Å². The molecule has 0 aromatic heterocycles. The first-order valence-corrected chi connectivity index (χ1v) is 3.60. The minimum Gasteiger partial charge on any atom is -0.374 e. The molecule has 0 bridgehead atoms. The van der Waals surface area contributed by atoms with Crippen LogP contribution < -0.4 is 0 Å². The second-order valence-corrected chi connectivity index (χ2v) is 2.49. The van der Waals surface area contributed by atoms with Crippen molar-refractivity contribution in [2.75, 3.05) is 13.2 Å². The summed E-state index contributed by atoms with van der Waals surface area (Å²) in [6.07, 6.45) is 3.54. The predicted octanol–water partition coefficient (Wildman–Crippen LogP) is 0.969. The van der Waals surface area contributed by atoms with Crippen molar-refractivity contribution >= 4 is 17.0 Å². The normalized spacial score (nSPS) is 18.5. The molecule has 1 unspecified atom stereocenters. The van der Waals surface area contributed by atoms with Crippen LogP contribution in [0.25, 0.3) is 0 Å². The second kappa shape index (κ2) is 4.62. The minimum atomic E-state index is -0.368. The summed E-state index contributed by atoms with van der Waals surface area (Å²) in [4.78, 5) is 4.01.